The first-order valence-electron chi connectivity index (χ1n) is 13.6. The molecule has 40 heavy (non-hydrogen) atoms. The summed E-state index contributed by atoms with van der Waals surface area (Å²) in [6.45, 7) is 4.49. The first-order valence-corrected chi connectivity index (χ1v) is 17.3. The van der Waals surface area contributed by atoms with Crippen molar-refractivity contribution in [3.05, 3.63) is 121 Å². The van der Waals surface area contributed by atoms with E-state index in [0.29, 0.717) is 21.2 Å². The number of hydrogen-bond donors (Lipinski definition) is 6. The Hall–Kier alpha value is -2.50. The van der Waals surface area contributed by atoms with Crippen LogP contribution < -0.4 is 21.2 Å². The number of aliphatic hydroxyl groups excluding tert-OH is 2. The zero-order chi connectivity index (χ0) is 29.4. The van der Waals surface area contributed by atoms with Gasteiger partial charge in [0.1, 0.15) is 0 Å². The van der Waals surface area contributed by atoms with Crippen LogP contribution in [0.25, 0.3) is 0 Å². The molecule has 218 valence electrons. The van der Waals surface area contributed by atoms with Crippen molar-refractivity contribution in [3.63, 3.8) is 0 Å². The summed E-state index contributed by atoms with van der Waals surface area (Å²) in [6, 6.07) is 35.9. The van der Waals surface area contributed by atoms with Gasteiger partial charge < -0.3 is 10.2 Å². The van der Waals surface area contributed by atoms with E-state index in [1.165, 1.54) is 0 Å². The van der Waals surface area contributed by atoms with Crippen LogP contribution >= 0.6 is 15.4 Å². The molecule has 0 fully saturated rings. The second-order valence-electron chi connectivity index (χ2n) is 9.51. The maximum atomic E-state index is 10.2. The molecular weight excluding hydrogens is 542 g/mol. The molecule has 2 atom stereocenters. The molecule has 6 nitrogen and oxygen atoms in total. The van der Waals surface area contributed by atoms with Gasteiger partial charge in [-0.05, 0) is 11.8 Å². The van der Waals surface area contributed by atoms with E-state index in [-0.39, 0.29) is 25.0 Å². The van der Waals surface area contributed by atoms with E-state index in [1.807, 2.05) is 86.6 Å². The van der Waals surface area contributed by atoms with Crippen LogP contribution in [0.4, 0.5) is 0 Å². The predicted octanol–water partition coefficient (Wildman–Crippen LogP) is 3.43. The van der Waals surface area contributed by atoms with Gasteiger partial charge in [-0.25, -0.2) is 0 Å². The second-order valence-corrected chi connectivity index (χ2v) is 14.5. The van der Waals surface area contributed by atoms with Gasteiger partial charge in [-0.3, -0.25) is 0 Å². The first-order chi connectivity index (χ1) is 19.2. The normalized spacial score (nSPS) is 13.5. The Labute approximate surface area is 239 Å². The third-order valence-corrected chi connectivity index (χ3v) is 11.4. The number of benzene rings is 4. The fourth-order valence-corrected chi connectivity index (χ4v) is 7.53. The van der Waals surface area contributed by atoms with Crippen molar-refractivity contribution in [2.45, 2.75) is 26.7 Å². The Balaban J connectivity index is 0.000000216. The Morgan fingerprint density at radius 2 is 0.625 bits per heavy atom. The molecule has 0 bridgehead atoms. The Kier molecular flexibility index (Phi) is 14.6. The van der Waals surface area contributed by atoms with Crippen LogP contribution in [0.15, 0.2) is 121 Å². The van der Waals surface area contributed by atoms with E-state index in [4.69, 9.17) is 10.2 Å². The monoisotopic (exact) mass is 586 g/mol. The van der Waals surface area contributed by atoms with Gasteiger partial charge in [0.2, 0.25) is 0 Å². The average molecular weight is 587 g/mol. The van der Waals surface area contributed by atoms with E-state index < -0.39 is 15.4 Å². The molecule has 0 aliphatic carbocycles. The Morgan fingerprint density at radius 1 is 0.425 bits per heavy atom. The van der Waals surface area contributed by atoms with Crippen LogP contribution in [0.5, 0.6) is 0 Å². The fourth-order valence-electron chi connectivity index (χ4n) is 4.24. The summed E-state index contributed by atoms with van der Waals surface area (Å²) < 4.78 is 0. The molecule has 0 saturated carbocycles. The van der Waals surface area contributed by atoms with Crippen LogP contribution in [0.2, 0.25) is 0 Å². The number of rotatable bonds is 9. The van der Waals surface area contributed by atoms with Crippen molar-refractivity contribution < 1.29 is 29.8 Å². The van der Waals surface area contributed by atoms with E-state index in [2.05, 4.69) is 0 Å². The van der Waals surface area contributed by atoms with E-state index in [0.717, 1.165) is 12.8 Å². The molecule has 0 aliphatic heterocycles. The van der Waals surface area contributed by atoms with Gasteiger partial charge in [-0.15, -0.1) is 0 Å². The molecule has 4 rings (SSSR count). The van der Waals surface area contributed by atoms with Crippen molar-refractivity contribution in [2.24, 2.45) is 11.8 Å². The molecule has 0 aliphatic rings. The van der Waals surface area contributed by atoms with Crippen LogP contribution in [0.3, 0.4) is 0 Å². The molecular formula is C32H44O6P2. The summed E-state index contributed by atoms with van der Waals surface area (Å²) in [4.78, 5) is 40.6. The predicted molar refractivity (Wildman–Crippen MR) is 172 cm³/mol. The van der Waals surface area contributed by atoms with Gasteiger partial charge in [-0.1, -0.05) is 26.7 Å². The van der Waals surface area contributed by atoms with Gasteiger partial charge in [0.15, 0.2) is 0 Å². The summed E-state index contributed by atoms with van der Waals surface area (Å²) in [5.74, 6) is 0.574. The summed E-state index contributed by atoms with van der Waals surface area (Å²) in [5.41, 5.74) is 0. The van der Waals surface area contributed by atoms with E-state index >= 15 is 0 Å². The molecule has 0 heterocycles. The number of aliphatic hydroxyl groups is 2. The summed E-state index contributed by atoms with van der Waals surface area (Å²) in [5, 5.41) is 20.1. The summed E-state index contributed by atoms with van der Waals surface area (Å²) >= 11 is 0. The van der Waals surface area contributed by atoms with Crippen LogP contribution in [0.1, 0.15) is 26.7 Å². The molecule has 4 aromatic carbocycles. The summed E-state index contributed by atoms with van der Waals surface area (Å²) in [7, 11) is -6.91. The van der Waals surface area contributed by atoms with Crippen molar-refractivity contribution in [1.82, 2.24) is 0 Å². The minimum atomic E-state index is -3.46. The van der Waals surface area contributed by atoms with Crippen LogP contribution in [0, 0.1) is 11.8 Å². The zero-order valence-corrected chi connectivity index (χ0v) is 25.2. The van der Waals surface area contributed by atoms with Crippen LogP contribution in [-0.2, 0) is 0 Å². The molecule has 0 spiro atoms. The molecule has 2 unspecified atom stereocenters. The van der Waals surface area contributed by atoms with Gasteiger partial charge in [-0.2, -0.15) is 0 Å². The van der Waals surface area contributed by atoms with Crippen molar-refractivity contribution in [2.75, 3.05) is 13.2 Å². The van der Waals surface area contributed by atoms with Crippen molar-refractivity contribution >= 4 is 36.7 Å². The standard InChI is InChI=1S/2C12H13O2P.C8H18O2/c2*13-15(14,11-7-3-1-4-8-11)12-9-5-2-6-10-12;1-3-7(5-9)8(4-2)6-10/h2*1-10,13-15H;7-10H,3-6H2,1-2H3. The minimum absolute atomic E-state index is 0.204. The number of hydrogen-bond acceptors (Lipinski definition) is 6. The van der Waals surface area contributed by atoms with E-state index in [1.54, 1.807) is 48.5 Å². The second kappa shape index (κ2) is 17.3. The first kappa shape index (κ1) is 33.7. The summed E-state index contributed by atoms with van der Waals surface area (Å²) in [6.07, 6.45) is 1.91. The van der Waals surface area contributed by atoms with Crippen molar-refractivity contribution in [1.29, 1.82) is 0 Å². The van der Waals surface area contributed by atoms with E-state index in [9.17, 15) is 19.6 Å². The topological polar surface area (TPSA) is 121 Å². The SMILES string of the molecule is CCC(CO)C(CC)CO.O[PH](O)(c1ccccc1)c1ccccc1.O[PH](O)(c1ccccc1)c1ccccc1. The van der Waals surface area contributed by atoms with Gasteiger partial charge in [0.05, 0.1) is 0 Å². The fraction of sp³-hybridized carbons (Fsp3) is 0.250. The van der Waals surface area contributed by atoms with Gasteiger partial charge >= 0.3 is 178 Å². The van der Waals surface area contributed by atoms with Crippen LogP contribution in [-0.4, -0.2) is 43.0 Å². The molecule has 8 heteroatoms. The maximum absolute atomic E-state index is 10.2. The average Bonchev–Trinajstić information content (AvgIpc) is 3.02. The molecule has 0 amide bonds. The third kappa shape index (κ3) is 9.85. The molecule has 0 radical (unpaired) electrons. The zero-order valence-electron chi connectivity index (χ0n) is 23.2. The van der Waals surface area contributed by atoms with Gasteiger partial charge in [0.25, 0.3) is 0 Å². The quantitative estimate of drug-likeness (QED) is 0.167. The Morgan fingerprint density at radius 3 is 0.775 bits per heavy atom. The molecule has 0 saturated heterocycles. The Bertz CT molecular complexity index is 1010. The van der Waals surface area contributed by atoms with Crippen molar-refractivity contribution in [3.8, 4) is 0 Å². The molecule has 0 aromatic heterocycles. The molecule has 6 N–H and O–H groups in total. The van der Waals surface area contributed by atoms with Gasteiger partial charge in [0, 0.05) is 13.2 Å². The third-order valence-electron chi connectivity index (χ3n) is 6.89. The molecule has 4 aromatic rings.